The van der Waals surface area contributed by atoms with Crippen LogP contribution < -0.4 is 11.1 Å². The molecule has 1 amide bonds. The minimum Gasteiger partial charge on any atom is -0.352 e. The molecule has 0 fully saturated rings. The fourth-order valence-electron chi connectivity index (χ4n) is 3.30. The molecule has 0 saturated heterocycles. The van der Waals surface area contributed by atoms with Gasteiger partial charge in [0, 0.05) is 79.2 Å². The van der Waals surface area contributed by atoms with Crippen molar-refractivity contribution >= 4 is 167 Å². The van der Waals surface area contributed by atoms with Gasteiger partial charge in [0.1, 0.15) is 1.55 Å². The normalized spacial score (nSPS) is 14.5. The highest BCUT2D eigenvalue weighted by molar-refractivity contribution is 14.2. The van der Waals surface area contributed by atoms with E-state index >= 15 is 0 Å². The van der Waals surface area contributed by atoms with Crippen molar-refractivity contribution in [2.45, 2.75) is 106 Å². The quantitative estimate of drug-likeness (QED) is 0.0283. The lowest BCUT2D eigenvalue weighted by Crippen LogP contribution is -2.47. The number of carbonyl (C=O) groups is 1. The molecule has 34 heavy (non-hydrogen) atoms. The predicted molar refractivity (Wildman–Crippen MR) is 210 cm³/mol. The van der Waals surface area contributed by atoms with Gasteiger partial charge in [-0.2, -0.15) is 3.11 Å². The molecule has 0 aromatic heterocycles. The summed E-state index contributed by atoms with van der Waals surface area (Å²) in [6, 6.07) is 0. The first kappa shape index (κ1) is 38.3. The van der Waals surface area contributed by atoms with E-state index in [1.54, 1.807) is 0 Å². The van der Waals surface area contributed by atoms with Crippen molar-refractivity contribution in [3.8, 4) is 0 Å². The highest BCUT2D eigenvalue weighted by Crippen LogP contribution is 2.54. The number of alkyl halides is 4. The summed E-state index contributed by atoms with van der Waals surface area (Å²) in [6.07, 6.45) is 19.8. The van der Waals surface area contributed by atoms with E-state index in [9.17, 15) is 4.79 Å². The number of hydrogen-bond donors (Lipinski definition) is 2. The number of halogens is 7. The molecule has 12 heteroatoms. The van der Waals surface area contributed by atoms with Crippen molar-refractivity contribution in [1.29, 1.82) is 0 Å². The number of amides is 1. The summed E-state index contributed by atoms with van der Waals surface area (Å²) in [5.74, 6) is 0.0781. The first-order valence-electron chi connectivity index (χ1n) is 12.2. The number of rotatable bonds is 22. The number of carbonyl (C=O) groups excluding carboxylic acids is 1. The third kappa shape index (κ3) is 18.6. The monoisotopic (exact) mass is 1270 g/mol. The Hall–Kier alpha value is 4.33. The van der Waals surface area contributed by atoms with E-state index < -0.39 is 20.7 Å². The second kappa shape index (κ2) is 24.0. The third-order valence-electron chi connectivity index (χ3n) is 5.29. The van der Waals surface area contributed by atoms with Crippen LogP contribution in [-0.4, -0.2) is 30.7 Å². The van der Waals surface area contributed by atoms with Gasteiger partial charge in [-0.1, -0.05) is 111 Å². The molecular weight excluding hydrogens is 1220 g/mol. The third-order valence-corrected chi connectivity index (χ3v) is 22.8. The minimum atomic E-state index is -0.540. The van der Waals surface area contributed by atoms with E-state index in [4.69, 9.17) is 5.73 Å². The summed E-state index contributed by atoms with van der Waals surface area (Å²) in [4.78, 5) is 12.4. The van der Waals surface area contributed by atoms with Crippen LogP contribution in [0.5, 0.6) is 0 Å². The molecular formula is C22H41I7N4O. The SMILES string of the molecule is CCCCCCCCCCCCCCCCNC(=O)C=IC(I)(N(I)I)N(I)C(I)(I)CCN. The molecule has 1 atom stereocenters. The van der Waals surface area contributed by atoms with Gasteiger partial charge in [-0.3, -0.25) is 4.79 Å². The lowest BCUT2D eigenvalue weighted by molar-refractivity contribution is -0.114. The summed E-state index contributed by atoms with van der Waals surface area (Å²) in [6.45, 7) is 3.71. The zero-order chi connectivity index (χ0) is 25.9. The highest BCUT2D eigenvalue weighted by atomic mass is 127. The lowest BCUT2D eigenvalue weighted by Gasteiger charge is -2.41. The number of nitrogens with zero attached hydrogens (tertiary/aromatic N) is 2. The molecule has 0 heterocycles. The van der Waals surface area contributed by atoms with Gasteiger partial charge in [0.15, 0.2) is 0 Å². The predicted octanol–water partition coefficient (Wildman–Crippen LogP) is 9.93. The molecule has 1 unspecified atom stereocenters. The van der Waals surface area contributed by atoms with Crippen LogP contribution >= 0.6 is 157 Å². The van der Waals surface area contributed by atoms with Crippen LogP contribution in [0.3, 0.4) is 0 Å². The van der Waals surface area contributed by atoms with Crippen LogP contribution in [0.15, 0.2) is 0 Å². The second-order valence-electron chi connectivity index (χ2n) is 8.33. The molecule has 0 aromatic rings. The molecule has 0 saturated carbocycles. The average Bonchev–Trinajstić information content (AvgIpc) is 2.79. The maximum Gasteiger partial charge on any atom is 0.249 e. The Morgan fingerprint density at radius 2 is 1.29 bits per heavy atom. The van der Waals surface area contributed by atoms with Gasteiger partial charge in [0.05, 0.1) is 0 Å². The van der Waals surface area contributed by atoms with Crippen molar-refractivity contribution in [1.82, 2.24) is 9.76 Å². The largest absolute Gasteiger partial charge is 0.352 e. The molecule has 204 valence electrons. The zero-order valence-corrected chi connectivity index (χ0v) is 35.2. The summed E-state index contributed by atoms with van der Waals surface area (Å²) >= 11 is 13.9. The molecule has 0 bridgehead atoms. The van der Waals surface area contributed by atoms with Gasteiger partial charge >= 0.3 is 0 Å². The lowest BCUT2D eigenvalue weighted by atomic mass is 10.0. The fourth-order valence-corrected chi connectivity index (χ4v) is 13.3. The minimum absolute atomic E-state index is 0.0781. The maximum absolute atomic E-state index is 12.4. The molecule has 0 spiro atoms. The molecule has 3 N–H and O–H groups in total. The number of nitrogens with one attached hydrogen (secondary N) is 1. The van der Waals surface area contributed by atoms with Gasteiger partial charge in [-0.15, -0.1) is 1.33 Å². The average molecular weight is 1270 g/mol. The molecule has 5 nitrogen and oxygen atoms in total. The van der Waals surface area contributed by atoms with Crippen LogP contribution in [0.1, 0.15) is 103 Å². The Morgan fingerprint density at radius 3 is 1.71 bits per heavy atom. The highest BCUT2D eigenvalue weighted by Gasteiger charge is 2.45. The van der Waals surface area contributed by atoms with Crippen LogP contribution in [0.2, 0.25) is 0 Å². The zero-order valence-electron chi connectivity index (χ0n) is 20.1. The number of nitrogens with two attached hydrogens (primary N) is 1. The van der Waals surface area contributed by atoms with E-state index in [1.165, 1.54) is 83.5 Å². The fraction of sp³-hybridized carbons (Fsp3) is 0.909. The number of hydrogen-bond acceptors (Lipinski definition) is 4. The van der Waals surface area contributed by atoms with Gasteiger partial charge in [-0.05, 0) is 87.2 Å². The Balaban J connectivity index is 3.99. The molecule has 0 aliphatic heterocycles. The second-order valence-corrected chi connectivity index (χ2v) is 25.0. The van der Waals surface area contributed by atoms with Crippen molar-refractivity contribution in [2.75, 3.05) is 13.1 Å². The van der Waals surface area contributed by atoms with Crippen LogP contribution in [-0.2, 0) is 4.79 Å². The van der Waals surface area contributed by atoms with Crippen LogP contribution in [0, 0.1) is 0 Å². The molecule has 0 radical (unpaired) electrons. The summed E-state index contributed by atoms with van der Waals surface area (Å²) < 4.78 is 6.05. The molecule has 0 aliphatic carbocycles. The Morgan fingerprint density at radius 1 is 0.853 bits per heavy atom. The van der Waals surface area contributed by atoms with Crippen molar-refractivity contribution in [3.63, 3.8) is 0 Å². The Bertz CT molecular complexity index is 555. The van der Waals surface area contributed by atoms with E-state index in [1.807, 2.05) is 4.01 Å². The van der Waals surface area contributed by atoms with E-state index in [0.717, 1.165) is 19.4 Å². The summed E-state index contributed by atoms with van der Waals surface area (Å²) in [7, 11) is 0. The van der Waals surface area contributed by atoms with Gasteiger partial charge in [-0.25, -0.2) is 0 Å². The van der Waals surface area contributed by atoms with Gasteiger partial charge in [0.2, 0.25) is 7.58 Å². The first-order valence-corrected chi connectivity index (χ1v) is 20.7. The van der Waals surface area contributed by atoms with E-state index in [2.05, 4.69) is 153 Å². The molecule has 0 rings (SSSR count). The molecule has 0 aromatic carbocycles. The topological polar surface area (TPSA) is 61.6 Å². The standard InChI is InChI=1S/C22H41I7N4O/c1-2-3-4-5-6-7-8-9-10-11-12-13-14-15-18-31-20(34)19-29-22(25,33(27)28)32(26)21(23,24)16-17-30/h19H,2-18,30H2,1H3,(H,31,34). The van der Waals surface area contributed by atoms with Gasteiger partial charge in [0.25, 0.3) is 0 Å². The molecule has 0 aliphatic rings. The van der Waals surface area contributed by atoms with Crippen molar-refractivity contribution in [3.05, 3.63) is 0 Å². The van der Waals surface area contributed by atoms with Gasteiger partial charge < -0.3 is 11.1 Å². The van der Waals surface area contributed by atoms with Crippen LogP contribution in [0.25, 0.3) is 0 Å². The van der Waals surface area contributed by atoms with Crippen molar-refractivity contribution < 1.29 is 4.79 Å². The maximum atomic E-state index is 12.4. The van der Waals surface area contributed by atoms with Crippen molar-refractivity contribution in [2.24, 2.45) is 5.73 Å². The Labute approximate surface area is 301 Å². The smallest absolute Gasteiger partial charge is 0.249 e. The number of unbranched alkanes of at least 4 members (excludes halogenated alkanes) is 13. The summed E-state index contributed by atoms with van der Waals surface area (Å²) in [5.41, 5.74) is 5.82. The first-order chi connectivity index (χ1) is 16.1. The van der Waals surface area contributed by atoms with Crippen LogP contribution in [0.4, 0.5) is 0 Å². The van der Waals surface area contributed by atoms with E-state index in [-0.39, 0.29) is 9.14 Å². The summed E-state index contributed by atoms with van der Waals surface area (Å²) in [5, 5.41) is 3.10. The Kier molecular flexibility index (Phi) is 27.0. The van der Waals surface area contributed by atoms with E-state index in [0.29, 0.717) is 6.54 Å².